The lowest BCUT2D eigenvalue weighted by molar-refractivity contribution is -0.168. The number of guanidine groups is 1. The van der Waals surface area contributed by atoms with Crippen molar-refractivity contribution in [2.45, 2.75) is 83.2 Å². The van der Waals surface area contributed by atoms with Crippen molar-refractivity contribution in [2.24, 2.45) is 22.2 Å². The van der Waals surface area contributed by atoms with Crippen molar-refractivity contribution < 1.29 is 27.5 Å². The van der Waals surface area contributed by atoms with Gasteiger partial charge in [-0.05, 0) is 24.7 Å². The first-order valence-electron chi connectivity index (χ1n) is 11.7. The Morgan fingerprint density at radius 2 is 1.88 bits per heavy atom. The van der Waals surface area contributed by atoms with Gasteiger partial charge in [0.1, 0.15) is 12.2 Å². The quantitative estimate of drug-likeness (QED) is 0.194. The lowest BCUT2D eigenvalue weighted by Crippen LogP contribution is -2.54. The SMILES string of the molecule is CN1CC(C(=O)NC(=NCC(C)(C)C)NC2CC(C3CCC(O)CC3F)NN2)C(C(F)(F)F)N1. The van der Waals surface area contributed by atoms with Crippen molar-refractivity contribution in [1.29, 1.82) is 0 Å². The van der Waals surface area contributed by atoms with E-state index in [-0.39, 0.29) is 36.3 Å². The normalized spacial score (nSPS) is 36.0. The molecule has 196 valence electrons. The second-order valence-corrected chi connectivity index (χ2v) is 10.8. The number of aliphatic hydroxyl groups is 1. The van der Waals surface area contributed by atoms with Crippen LogP contribution in [0.2, 0.25) is 0 Å². The molecule has 0 bridgehead atoms. The fourth-order valence-electron chi connectivity index (χ4n) is 4.66. The molecule has 0 radical (unpaired) electrons. The Kier molecular flexibility index (Phi) is 8.44. The number of amides is 1. The van der Waals surface area contributed by atoms with Crippen LogP contribution in [0, 0.1) is 17.3 Å². The predicted molar refractivity (Wildman–Crippen MR) is 119 cm³/mol. The summed E-state index contributed by atoms with van der Waals surface area (Å²) in [5.74, 6) is -2.31. The molecule has 3 aliphatic rings. The van der Waals surface area contributed by atoms with Crippen molar-refractivity contribution in [3.05, 3.63) is 0 Å². The first-order valence-corrected chi connectivity index (χ1v) is 11.7. The minimum atomic E-state index is -4.58. The smallest absolute Gasteiger partial charge is 0.393 e. The Morgan fingerprint density at radius 3 is 2.50 bits per heavy atom. The molecular weight excluding hydrogens is 458 g/mol. The molecule has 1 aliphatic carbocycles. The van der Waals surface area contributed by atoms with Gasteiger partial charge in [-0.1, -0.05) is 20.8 Å². The van der Waals surface area contributed by atoms with Crippen LogP contribution in [-0.2, 0) is 4.79 Å². The monoisotopic (exact) mass is 495 g/mol. The molecule has 2 saturated heterocycles. The number of aliphatic imine (C=N–C) groups is 1. The number of carbonyl (C=O) groups excluding carboxylic acids is 1. The molecule has 0 aromatic heterocycles. The van der Waals surface area contributed by atoms with Crippen LogP contribution in [0.3, 0.4) is 0 Å². The lowest BCUT2D eigenvalue weighted by atomic mass is 9.80. The van der Waals surface area contributed by atoms with Crippen molar-refractivity contribution in [1.82, 2.24) is 31.9 Å². The van der Waals surface area contributed by atoms with E-state index in [0.29, 0.717) is 25.8 Å². The van der Waals surface area contributed by atoms with Crippen molar-refractivity contribution in [3.8, 4) is 0 Å². The lowest BCUT2D eigenvalue weighted by Gasteiger charge is -2.32. The predicted octanol–water partition coefficient (Wildman–Crippen LogP) is 0.783. The molecule has 6 N–H and O–H groups in total. The Morgan fingerprint density at radius 1 is 1.18 bits per heavy atom. The van der Waals surface area contributed by atoms with Crippen LogP contribution in [0.25, 0.3) is 0 Å². The highest BCUT2D eigenvalue weighted by molar-refractivity contribution is 5.98. The van der Waals surface area contributed by atoms with E-state index in [4.69, 9.17) is 0 Å². The van der Waals surface area contributed by atoms with Gasteiger partial charge in [-0.3, -0.25) is 20.5 Å². The Labute approximate surface area is 197 Å². The summed E-state index contributed by atoms with van der Waals surface area (Å²) in [7, 11) is 1.45. The molecule has 3 fully saturated rings. The van der Waals surface area contributed by atoms with Crippen LogP contribution in [-0.4, -0.2) is 78.8 Å². The maximum absolute atomic E-state index is 14.5. The fourth-order valence-corrected chi connectivity index (χ4v) is 4.66. The second kappa shape index (κ2) is 10.6. The van der Waals surface area contributed by atoms with Gasteiger partial charge in [-0.2, -0.15) is 13.2 Å². The molecule has 7 atom stereocenters. The van der Waals surface area contributed by atoms with E-state index in [9.17, 15) is 27.5 Å². The van der Waals surface area contributed by atoms with E-state index in [0.717, 1.165) is 0 Å². The highest BCUT2D eigenvalue weighted by Gasteiger charge is 2.52. The average molecular weight is 496 g/mol. The number of hydrogen-bond acceptors (Lipinski definition) is 7. The van der Waals surface area contributed by atoms with Gasteiger partial charge >= 0.3 is 6.18 Å². The molecule has 2 aliphatic heterocycles. The fraction of sp³-hybridized carbons (Fsp3) is 0.905. The summed E-state index contributed by atoms with van der Waals surface area (Å²) in [5.41, 5.74) is 8.17. The van der Waals surface area contributed by atoms with Gasteiger partial charge in [0, 0.05) is 38.5 Å². The molecule has 1 saturated carbocycles. The third kappa shape index (κ3) is 7.23. The summed E-state index contributed by atoms with van der Waals surface area (Å²) in [4.78, 5) is 17.3. The third-order valence-electron chi connectivity index (χ3n) is 6.43. The first kappa shape index (κ1) is 27.1. The minimum absolute atomic E-state index is 0.0752. The van der Waals surface area contributed by atoms with E-state index < -0.39 is 42.5 Å². The van der Waals surface area contributed by atoms with Gasteiger partial charge in [-0.25, -0.2) is 20.3 Å². The number of halogens is 4. The van der Waals surface area contributed by atoms with Crippen molar-refractivity contribution in [2.75, 3.05) is 20.1 Å². The molecule has 0 spiro atoms. The van der Waals surface area contributed by atoms with E-state index in [2.05, 4.69) is 31.9 Å². The Bertz CT molecular complexity index is 746. The van der Waals surface area contributed by atoms with Gasteiger partial charge in [0.25, 0.3) is 0 Å². The number of alkyl halides is 4. The summed E-state index contributed by atoms with van der Waals surface area (Å²) >= 11 is 0. The largest absolute Gasteiger partial charge is 0.405 e. The molecule has 34 heavy (non-hydrogen) atoms. The highest BCUT2D eigenvalue weighted by atomic mass is 19.4. The van der Waals surface area contributed by atoms with Gasteiger partial charge in [-0.15, -0.1) is 0 Å². The Hall–Kier alpha value is -1.54. The van der Waals surface area contributed by atoms with Crippen LogP contribution in [0.4, 0.5) is 17.6 Å². The van der Waals surface area contributed by atoms with Crippen LogP contribution in [0.5, 0.6) is 0 Å². The van der Waals surface area contributed by atoms with Gasteiger partial charge in [0.15, 0.2) is 5.96 Å². The second-order valence-electron chi connectivity index (χ2n) is 10.8. The molecule has 3 rings (SSSR count). The van der Waals surface area contributed by atoms with Crippen LogP contribution < -0.4 is 26.9 Å². The first-order chi connectivity index (χ1) is 15.7. The number of nitrogens with zero attached hydrogens (tertiary/aromatic N) is 2. The topological polar surface area (TPSA) is 113 Å². The van der Waals surface area contributed by atoms with E-state index in [1.807, 2.05) is 20.8 Å². The maximum Gasteiger partial charge on any atom is 0.405 e. The number of hydrazine groups is 2. The van der Waals surface area contributed by atoms with Gasteiger partial charge in [0.05, 0.1) is 18.2 Å². The van der Waals surface area contributed by atoms with Crippen molar-refractivity contribution >= 4 is 11.9 Å². The third-order valence-corrected chi connectivity index (χ3v) is 6.43. The zero-order valence-corrected chi connectivity index (χ0v) is 20.0. The molecule has 7 unspecified atom stereocenters. The standard InChI is InChI=1S/C21H37F4N7O2/c1-20(2,3)10-26-19(28-18(34)13-9-32(4)31-17(13)21(23,24)25)27-16-8-15(29-30-16)12-6-5-11(33)7-14(12)22/h11-17,29-31,33H,5-10H2,1-4H3,(H2,26,27,28,34). The van der Waals surface area contributed by atoms with Crippen molar-refractivity contribution in [3.63, 3.8) is 0 Å². The van der Waals surface area contributed by atoms with Crippen LogP contribution >= 0.6 is 0 Å². The zero-order valence-electron chi connectivity index (χ0n) is 20.0. The molecule has 0 aromatic carbocycles. The molecule has 9 nitrogen and oxygen atoms in total. The van der Waals surface area contributed by atoms with E-state index in [1.165, 1.54) is 12.1 Å². The summed E-state index contributed by atoms with van der Waals surface area (Å²) in [6, 6.07) is -2.18. The van der Waals surface area contributed by atoms with Crippen LogP contribution in [0.1, 0.15) is 46.5 Å². The molecule has 2 heterocycles. The highest BCUT2D eigenvalue weighted by Crippen LogP contribution is 2.32. The zero-order chi connectivity index (χ0) is 25.3. The molecule has 1 amide bonds. The number of hydrogen-bond donors (Lipinski definition) is 6. The number of rotatable bonds is 4. The molecule has 0 aromatic rings. The number of nitrogens with one attached hydrogen (secondary N) is 5. The van der Waals surface area contributed by atoms with E-state index in [1.54, 1.807) is 0 Å². The summed E-state index contributed by atoms with van der Waals surface area (Å²) in [6.45, 7) is 6.10. The minimum Gasteiger partial charge on any atom is -0.393 e. The van der Waals surface area contributed by atoms with Crippen LogP contribution in [0.15, 0.2) is 4.99 Å². The molecular formula is C21H37F4N7O2. The summed E-state index contributed by atoms with van der Waals surface area (Å²) in [6.07, 6.45) is -5.05. The summed E-state index contributed by atoms with van der Waals surface area (Å²) in [5, 5.41) is 16.5. The average Bonchev–Trinajstić information content (AvgIpc) is 3.32. The Balaban J connectivity index is 1.65. The molecule has 13 heteroatoms. The number of carbonyl (C=O) groups is 1. The summed E-state index contributed by atoms with van der Waals surface area (Å²) < 4.78 is 54.7. The van der Waals surface area contributed by atoms with Gasteiger partial charge in [0.2, 0.25) is 5.91 Å². The maximum atomic E-state index is 14.5. The van der Waals surface area contributed by atoms with Gasteiger partial charge < -0.3 is 10.4 Å². The van der Waals surface area contributed by atoms with E-state index >= 15 is 0 Å². The number of aliphatic hydroxyl groups excluding tert-OH is 1.